The highest BCUT2D eigenvalue weighted by Gasteiger charge is 2.07. The van der Waals surface area contributed by atoms with Crippen LogP contribution in [0.1, 0.15) is 5.56 Å². The van der Waals surface area contributed by atoms with Crippen LogP contribution in [-0.2, 0) is 6.54 Å². The van der Waals surface area contributed by atoms with Gasteiger partial charge in [0.1, 0.15) is 11.2 Å². The van der Waals surface area contributed by atoms with E-state index in [-0.39, 0.29) is 5.82 Å². The van der Waals surface area contributed by atoms with Crippen molar-refractivity contribution in [3.63, 3.8) is 0 Å². The molecule has 0 aliphatic carbocycles. The summed E-state index contributed by atoms with van der Waals surface area (Å²) in [7, 11) is 1.87. The van der Waals surface area contributed by atoms with Gasteiger partial charge >= 0.3 is 0 Å². The van der Waals surface area contributed by atoms with Crippen LogP contribution in [0.4, 0.5) is 4.39 Å². The Morgan fingerprint density at radius 2 is 2.07 bits per heavy atom. The van der Waals surface area contributed by atoms with E-state index in [1.165, 1.54) is 12.1 Å². The molecule has 0 aliphatic heterocycles. The van der Waals surface area contributed by atoms with Crippen molar-refractivity contribution < 1.29 is 4.39 Å². The number of nitriles is 1. The number of hydrogen-bond donors (Lipinski definition) is 0. The maximum absolute atomic E-state index is 12.6. The van der Waals surface area contributed by atoms with Crippen LogP contribution in [0.5, 0.6) is 0 Å². The lowest BCUT2D eigenvalue weighted by Gasteiger charge is -2.16. The smallest absolute Gasteiger partial charge is 0.133 e. The zero-order chi connectivity index (χ0) is 11.3. The minimum atomic E-state index is -0.504. The zero-order valence-electron chi connectivity index (χ0n) is 8.45. The fourth-order valence-corrected chi connectivity index (χ4v) is 1.52. The number of halogens is 2. The van der Waals surface area contributed by atoms with Crippen LogP contribution in [0, 0.1) is 17.1 Å². The zero-order valence-corrected chi connectivity index (χ0v) is 9.21. The normalized spacial score (nSPS) is 12.5. The van der Waals surface area contributed by atoms with Gasteiger partial charge in [-0.05, 0) is 24.7 Å². The molecule has 0 aromatic heterocycles. The van der Waals surface area contributed by atoms with E-state index in [9.17, 15) is 4.39 Å². The molecule has 0 amide bonds. The predicted octanol–water partition coefficient (Wildman–Crippen LogP) is 2.39. The van der Waals surface area contributed by atoms with Crippen molar-refractivity contribution in [2.24, 2.45) is 0 Å². The molecule has 0 aliphatic rings. The number of alkyl halides is 1. The fraction of sp³-hybridized carbons (Fsp3) is 0.364. The number of rotatable bonds is 4. The summed E-state index contributed by atoms with van der Waals surface area (Å²) >= 11 is 5.69. The second-order valence-electron chi connectivity index (χ2n) is 3.42. The average Bonchev–Trinajstić information content (AvgIpc) is 2.21. The summed E-state index contributed by atoms with van der Waals surface area (Å²) in [6, 6.07) is 8.25. The molecule has 0 saturated heterocycles. The molecule has 0 heterocycles. The standard InChI is InChI=1S/C11H12ClFN2/c1-15(8-10(12)6-14)7-9-2-4-11(13)5-3-9/h2-5,10H,7-8H2,1H3. The molecule has 1 aromatic carbocycles. The van der Waals surface area contributed by atoms with Gasteiger partial charge in [0.25, 0.3) is 0 Å². The van der Waals surface area contributed by atoms with E-state index in [2.05, 4.69) is 0 Å². The molecule has 0 radical (unpaired) electrons. The number of nitrogens with zero attached hydrogens (tertiary/aromatic N) is 2. The van der Waals surface area contributed by atoms with Gasteiger partial charge in [0.05, 0.1) is 6.07 Å². The minimum absolute atomic E-state index is 0.242. The summed E-state index contributed by atoms with van der Waals surface area (Å²) in [5.74, 6) is -0.242. The molecule has 2 nitrogen and oxygen atoms in total. The van der Waals surface area contributed by atoms with Gasteiger partial charge in [-0.2, -0.15) is 5.26 Å². The monoisotopic (exact) mass is 226 g/mol. The van der Waals surface area contributed by atoms with Gasteiger partial charge in [0, 0.05) is 13.1 Å². The van der Waals surface area contributed by atoms with Crippen LogP contribution in [0.2, 0.25) is 0 Å². The third-order valence-electron chi connectivity index (χ3n) is 1.98. The number of benzene rings is 1. The second kappa shape index (κ2) is 5.69. The molecule has 0 spiro atoms. The van der Waals surface area contributed by atoms with Crippen molar-refractivity contribution in [1.29, 1.82) is 5.26 Å². The predicted molar refractivity (Wildman–Crippen MR) is 58.0 cm³/mol. The molecule has 15 heavy (non-hydrogen) atoms. The highest BCUT2D eigenvalue weighted by atomic mass is 35.5. The van der Waals surface area contributed by atoms with Crippen molar-refractivity contribution in [3.8, 4) is 6.07 Å². The Bertz CT molecular complexity index is 345. The molecule has 1 atom stereocenters. The Morgan fingerprint density at radius 3 is 2.60 bits per heavy atom. The van der Waals surface area contributed by atoms with Crippen molar-refractivity contribution in [1.82, 2.24) is 4.90 Å². The number of hydrogen-bond acceptors (Lipinski definition) is 2. The molecule has 1 unspecified atom stereocenters. The van der Waals surface area contributed by atoms with E-state index in [0.717, 1.165) is 5.56 Å². The maximum atomic E-state index is 12.6. The first-order valence-electron chi connectivity index (χ1n) is 4.58. The van der Waals surface area contributed by atoms with E-state index in [4.69, 9.17) is 16.9 Å². The lowest BCUT2D eigenvalue weighted by molar-refractivity contribution is 0.337. The van der Waals surface area contributed by atoms with Gasteiger partial charge in [-0.15, -0.1) is 11.6 Å². The first-order chi connectivity index (χ1) is 7.11. The van der Waals surface area contributed by atoms with Crippen LogP contribution >= 0.6 is 11.6 Å². The van der Waals surface area contributed by atoms with Gasteiger partial charge in [-0.25, -0.2) is 4.39 Å². The highest BCUT2D eigenvalue weighted by molar-refractivity contribution is 6.22. The molecule has 0 bridgehead atoms. The van der Waals surface area contributed by atoms with Crippen LogP contribution in [0.25, 0.3) is 0 Å². The molecule has 80 valence electrons. The summed E-state index contributed by atoms with van der Waals surface area (Å²) in [6.45, 7) is 1.15. The molecular weight excluding hydrogens is 215 g/mol. The lowest BCUT2D eigenvalue weighted by atomic mass is 10.2. The molecule has 0 fully saturated rings. The summed E-state index contributed by atoms with van der Waals surface area (Å²) < 4.78 is 12.6. The Labute approximate surface area is 93.9 Å². The quantitative estimate of drug-likeness (QED) is 0.738. The SMILES string of the molecule is CN(Cc1ccc(F)cc1)CC(Cl)C#N. The van der Waals surface area contributed by atoms with Gasteiger partial charge in [0.2, 0.25) is 0 Å². The minimum Gasteiger partial charge on any atom is -0.300 e. The van der Waals surface area contributed by atoms with Gasteiger partial charge in [-0.1, -0.05) is 12.1 Å². The molecule has 0 saturated carbocycles. The van der Waals surface area contributed by atoms with E-state index >= 15 is 0 Å². The van der Waals surface area contributed by atoms with Crippen LogP contribution in [0.3, 0.4) is 0 Å². The molecule has 1 rings (SSSR count). The third kappa shape index (κ3) is 4.28. The van der Waals surface area contributed by atoms with Gasteiger partial charge in [-0.3, -0.25) is 4.90 Å². The summed E-state index contributed by atoms with van der Waals surface area (Å²) in [5, 5.41) is 8.02. The summed E-state index contributed by atoms with van der Waals surface area (Å²) in [4.78, 5) is 1.92. The van der Waals surface area contributed by atoms with Gasteiger partial charge < -0.3 is 0 Å². The highest BCUT2D eigenvalue weighted by Crippen LogP contribution is 2.06. The fourth-order valence-electron chi connectivity index (χ4n) is 1.28. The summed E-state index contributed by atoms with van der Waals surface area (Å²) in [5.41, 5.74) is 1.00. The van der Waals surface area contributed by atoms with Crippen molar-refractivity contribution >= 4 is 11.6 Å². The Kier molecular flexibility index (Phi) is 4.54. The van der Waals surface area contributed by atoms with Crippen molar-refractivity contribution in [3.05, 3.63) is 35.6 Å². The van der Waals surface area contributed by atoms with E-state index < -0.39 is 5.38 Å². The van der Waals surface area contributed by atoms with Gasteiger partial charge in [0.15, 0.2) is 0 Å². The maximum Gasteiger partial charge on any atom is 0.133 e. The first-order valence-corrected chi connectivity index (χ1v) is 5.02. The van der Waals surface area contributed by atoms with E-state index in [1.807, 2.05) is 18.0 Å². The largest absolute Gasteiger partial charge is 0.300 e. The van der Waals surface area contributed by atoms with Crippen LogP contribution in [-0.4, -0.2) is 23.9 Å². The second-order valence-corrected chi connectivity index (χ2v) is 3.95. The van der Waals surface area contributed by atoms with Crippen molar-refractivity contribution in [2.45, 2.75) is 11.9 Å². The molecule has 1 aromatic rings. The molecular formula is C11H12ClFN2. The summed E-state index contributed by atoms with van der Waals surface area (Å²) in [6.07, 6.45) is 0. The van der Waals surface area contributed by atoms with E-state index in [1.54, 1.807) is 12.1 Å². The van der Waals surface area contributed by atoms with E-state index in [0.29, 0.717) is 13.1 Å². The Morgan fingerprint density at radius 1 is 1.47 bits per heavy atom. The topological polar surface area (TPSA) is 27.0 Å². The molecule has 0 N–H and O–H groups in total. The van der Waals surface area contributed by atoms with Crippen LogP contribution < -0.4 is 0 Å². The lowest BCUT2D eigenvalue weighted by Crippen LogP contribution is -2.24. The molecule has 4 heteroatoms. The third-order valence-corrected chi connectivity index (χ3v) is 2.21. The Balaban J connectivity index is 2.48. The average molecular weight is 227 g/mol. The van der Waals surface area contributed by atoms with Crippen LogP contribution in [0.15, 0.2) is 24.3 Å². The van der Waals surface area contributed by atoms with Crippen molar-refractivity contribution in [2.75, 3.05) is 13.6 Å². The Hall–Kier alpha value is -1.11. The first kappa shape index (κ1) is 12.0.